The van der Waals surface area contributed by atoms with Crippen LogP contribution >= 0.6 is 11.3 Å². The first-order chi connectivity index (χ1) is 8.47. The number of methoxy groups -OCH3 is 1. The number of rotatable bonds is 5. The van der Waals surface area contributed by atoms with Crippen LogP contribution in [-0.4, -0.2) is 41.8 Å². The molecule has 0 saturated heterocycles. The number of aliphatic hydroxyl groups excluding tert-OH is 2. The summed E-state index contributed by atoms with van der Waals surface area (Å²) >= 11 is 1.12. The second-order valence-corrected chi connectivity index (χ2v) is 4.56. The smallest absolute Gasteiger partial charge is 0.348 e. The first-order valence-electron chi connectivity index (χ1n) is 5.23. The first-order valence-corrected chi connectivity index (χ1v) is 6.11. The van der Waals surface area contributed by atoms with Crippen molar-refractivity contribution in [3.8, 4) is 0 Å². The van der Waals surface area contributed by atoms with Crippen LogP contribution in [-0.2, 0) is 9.53 Å². The standard InChI is InChI=1S/C11H15NO5S/c1-6(13)12-5-8(14)9(15)7-3-4-18-10(7)11(16)17-2/h3-4,8-9,14-15H,5H2,1-2H3,(H,12,13). The summed E-state index contributed by atoms with van der Waals surface area (Å²) in [5.41, 5.74) is 0.296. The number of thiophene rings is 1. The van der Waals surface area contributed by atoms with E-state index in [2.05, 4.69) is 10.1 Å². The number of carbonyl (C=O) groups is 2. The van der Waals surface area contributed by atoms with Gasteiger partial charge in [-0.2, -0.15) is 0 Å². The minimum Gasteiger partial charge on any atom is -0.465 e. The largest absolute Gasteiger partial charge is 0.465 e. The molecule has 0 bridgehead atoms. The average Bonchev–Trinajstić information content (AvgIpc) is 2.82. The first kappa shape index (κ1) is 14.6. The van der Waals surface area contributed by atoms with Gasteiger partial charge in [0.25, 0.3) is 0 Å². The molecule has 18 heavy (non-hydrogen) atoms. The Morgan fingerprint density at radius 1 is 1.50 bits per heavy atom. The molecule has 2 atom stereocenters. The molecule has 1 aromatic rings. The maximum Gasteiger partial charge on any atom is 0.348 e. The van der Waals surface area contributed by atoms with E-state index in [1.54, 1.807) is 11.4 Å². The molecule has 0 spiro atoms. The Hall–Kier alpha value is -1.44. The van der Waals surface area contributed by atoms with Crippen LogP contribution in [0, 0.1) is 0 Å². The van der Waals surface area contributed by atoms with Crippen molar-refractivity contribution in [1.82, 2.24) is 5.32 Å². The molecule has 0 radical (unpaired) electrons. The Bertz CT molecular complexity index is 431. The molecule has 100 valence electrons. The fourth-order valence-electron chi connectivity index (χ4n) is 1.38. The lowest BCUT2D eigenvalue weighted by Gasteiger charge is -2.18. The van der Waals surface area contributed by atoms with Crippen LogP contribution in [0.5, 0.6) is 0 Å². The van der Waals surface area contributed by atoms with Gasteiger partial charge in [0.1, 0.15) is 17.1 Å². The Balaban J connectivity index is 2.77. The predicted octanol–water partition coefficient (Wildman–Crippen LogP) is 0.0651. The Labute approximate surface area is 108 Å². The highest BCUT2D eigenvalue weighted by atomic mass is 32.1. The van der Waals surface area contributed by atoms with Crippen LogP contribution in [0.15, 0.2) is 11.4 Å². The Kier molecular flexibility index (Phi) is 5.26. The van der Waals surface area contributed by atoms with Crippen LogP contribution < -0.4 is 5.32 Å². The quantitative estimate of drug-likeness (QED) is 0.660. The summed E-state index contributed by atoms with van der Waals surface area (Å²) in [6.07, 6.45) is -2.44. The van der Waals surface area contributed by atoms with Gasteiger partial charge in [0.15, 0.2) is 0 Å². The normalized spacial score (nSPS) is 13.8. The highest BCUT2D eigenvalue weighted by Crippen LogP contribution is 2.26. The molecule has 1 rings (SSSR count). The van der Waals surface area contributed by atoms with Gasteiger partial charge in [0, 0.05) is 19.0 Å². The number of amides is 1. The molecule has 1 heterocycles. The van der Waals surface area contributed by atoms with Crippen molar-refractivity contribution in [2.24, 2.45) is 0 Å². The van der Waals surface area contributed by atoms with Gasteiger partial charge in [-0.1, -0.05) is 0 Å². The van der Waals surface area contributed by atoms with Gasteiger partial charge in [-0.25, -0.2) is 4.79 Å². The van der Waals surface area contributed by atoms with Crippen molar-refractivity contribution in [1.29, 1.82) is 0 Å². The van der Waals surface area contributed by atoms with Crippen molar-refractivity contribution in [3.05, 3.63) is 21.9 Å². The fraction of sp³-hybridized carbons (Fsp3) is 0.455. The second kappa shape index (κ2) is 6.48. The van der Waals surface area contributed by atoms with E-state index in [1.165, 1.54) is 14.0 Å². The zero-order valence-electron chi connectivity index (χ0n) is 10.0. The van der Waals surface area contributed by atoms with Crippen LogP contribution in [0.4, 0.5) is 0 Å². The van der Waals surface area contributed by atoms with E-state index in [9.17, 15) is 19.8 Å². The van der Waals surface area contributed by atoms with Crippen molar-refractivity contribution in [3.63, 3.8) is 0 Å². The number of ether oxygens (including phenoxy) is 1. The van der Waals surface area contributed by atoms with Gasteiger partial charge in [-0.05, 0) is 11.4 Å². The lowest BCUT2D eigenvalue weighted by Crippen LogP contribution is -2.34. The molecule has 1 aromatic heterocycles. The summed E-state index contributed by atoms with van der Waals surface area (Å²) in [4.78, 5) is 22.4. The Morgan fingerprint density at radius 2 is 2.17 bits per heavy atom. The lowest BCUT2D eigenvalue weighted by molar-refractivity contribution is -0.119. The fourth-order valence-corrected chi connectivity index (χ4v) is 2.23. The average molecular weight is 273 g/mol. The number of nitrogens with one attached hydrogen (secondary N) is 1. The van der Waals surface area contributed by atoms with Gasteiger partial charge >= 0.3 is 5.97 Å². The van der Waals surface area contributed by atoms with E-state index in [-0.39, 0.29) is 17.3 Å². The predicted molar refractivity (Wildman–Crippen MR) is 65.3 cm³/mol. The van der Waals surface area contributed by atoms with E-state index in [0.717, 1.165) is 11.3 Å². The van der Waals surface area contributed by atoms with Gasteiger partial charge in [-0.3, -0.25) is 4.79 Å². The monoisotopic (exact) mass is 273 g/mol. The molecular weight excluding hydrogens is 258 g/mol. The van der Waals surface area contributed by atoms with Crippen LogP contribution in [0.3, 0.4) is 0 Å². The third-order valence-corrected chi connectivity index (χ3v) is 3.22. The molecule has 6 nitrogen and oxygen atoms in total. The van der Waals surface area contributed by atoms with E-state index in [1.807, 2.05) is 0 Å². The van der Waals surface area contributed by atoms with E-state index in [0.29, 0.717) is 5.56 Å². The molecule has 0 aliphatic carbocycles. The highest BCUT2D eigenvalue weighted by molar-refractivity contribution is 7.12. The van der Waals surface area contributed by atoms with E-state index in [4.69, 9.17) is 0 Å². The maximum absolute atomic E-state index is 11.4. The molecular formula is C11H15NO5S. The SMILES string of the molecule is COC(=O)c1sccc1C(O)C(O)CNC(C)=O. The van der Waals surface area contributed by atoms with Gasteiger partial charge in [0.2, 0.25) is 5.91 Å². The summed E-state index contributed by atoms with van der Waals surface area (Å²) in [5, 5.41) is 23.6. The minimum absolute atomic E-state index is 0.0903. The number of hydrogen-bond acceptors (Lipinski definition) is 6. The van der Waals surface area contributed by atoms with Gasteiger partial charge in [-0.15, -0.1) is 11.3 Å². The number of esters is 1. The highest BCUT2D eigenvalue weighted by Gasteiger charge is 2.25. The van der Waals surface area contributed by atoms with E-state index >= 15 is 0 Å². The van der Waals surface area contributed by atoms with Crippen molar-refractivity contribution in [2.45, 2.75) is 19.1 Å². The van der Waals surface area contributed by atoms with Crippen molar-refractivity contribution < 1.29 is 24.5 Å². The van der Waals surface area contributed by atoms with Crippen molar-refractivity contribution in [2.75, 3.05) is 13.7 Å². The minimum atomic E-state index is -1.25. The molecule has 0 aliphatic heterocycles. The number of hydrogen-bond donors (Lipinski definition) is 3. The molecule has 7 heteroatoms. The molecule has 1 amide bonds. The second-order valence-electron chi connectivity index (χ2n) is 3.65. The summed E-state index contributed by atoms with van der Waals surface area (Å²) in [7, 11) is 1.24. The molecule has 0 aliphatic rings. The zero-order chi connectivity index (χ0) is 13.7. The lowest BCUT2D eigenvalue weighted by atomic mass is 10.1. The van der Waals surface area contributed by atoms with Crippen LogP contribution in [0.25, 0.3) is 0 Å². The van der Waals surface area contributed by atoms with Gasteiger partial charge < -0.3 is 20.3 Å². The zero-order valence-corrected chi connectivity index (χ0v) is 10.9. The van der Waals surface area contributed by atoms with Gasteiger partial charge in [0.05, 0.1) is 7.11 Å². The molecule has 2 unspecified atom stereocenters. The topological polar surface area (TPSA) is 95.9 Å². The number of carbonyl (C=O) groups excluding carboxylic acids is 2. The molecule has 3 N–H and O–H groups in total. The maximum atomic E-state index is 11.4. The molecule has 0 saturated carbocycles. The third-order valence-electron chi connectivity index (χ3n) is 2.31. The summed E-state index contributed by atoms with van der Waals surface area (Å²) < 4.78 is 4.57. The molecule has 0 aromatic carbocycles. The molecule has 0 fully saturated rings. The summed E-state index contributed by atoms with van der Waals surface area (Å²) in [6, 6.07) is 1.54. The number of aliphatic hydroxyl groups is 2. The van der Waals surface area contributed by atoms with Crippen LogP contribution in [0.2, 0.25) is 0 Å². The van der Waals surface area contributed by atoms with Crippen LogP contribution in [0.1, 0.15) is 28.3 Å². The third kappa shape index (κ3) is 3.52. The van der Waals surface area contributed by atoms with E-state index < -0.39 is 18.2 Å². The van der Waals surface area contributed by atoms with Crippen molar-refractivity contribution >= 4 is 23.2 Å². The summed E-state index contributed by atoms with van der Waals surface area (Å²) in [5.74, 6) is -0.870. The Morgan fingerprint density at radius 3 is 2.72 bits per heavy atom. The summed E-state index contributed by atoms with van der Waals surface area (Å²) in [6.45, 7) is 1.22.